The number of aromatic amines is 1. The third-order valence-electron chi connectivity index (χ3n) is 6.82. The van der Waals surface area contributed by atoms with Crippen molar-refractivity contribution in [2.75, 3.05) is 17.3 Å². The van der Waals surface area contributed by atoms with Crippen molar-refractivity contribution in [3.05, 3.63) is 35.3 Å². The Labute approximate surface area is 204 Å². The third-order valence-corrected chi connectivity index (χ3v) is 6.82. The van der Waals surface area contributed by atoms with Gasteiger partial charge in [-0.15, -0.1) is 0 Å². The van der Waals surface area contributed by atoms with Gasteiger partial charge in [0.05, 0.1) is 17.4 Å². The molecule has 1 aromatic carbocycles. The summed E-state index contributed by atoms with van der Waals surface area (Å²) < 4.78 is 21.4. The average Bonchev–Trinajstić information content (AvgIpc) is 3.28. The van der Waals surface area contributed by atoms with Crippen LogP contribution in [0.15, 0.2) is 23.4 Å². The Bertz CT molecular complexity index is 1080. The molecule has 3 N–H and O–H groups in total. The van der Waals surface area contributed by atoms with Crippen molar-refractivity contribution in [1.29, 1.82) is 0 Å². The number of piperidine rings is 1. The summed E-state index contributed by atoms with van der Waals surface area (Å²) >= 11 is 0. The van der Waals surface area contributed by atoms with Gasteiger partial charge < -0.3 is 15.0 Å². The van der Waals surface area contributed by atoms with Crippen molar-refractivity contribution >= 4 is 29.7 Å². The highest BCUT2D eigenvalue weighted by atomic mass is 19.1. The largest absolute Gasteiger partial charge is 0.490 e. The van der Waals surface area contributed by atoms with E-state index in [0.717, 1.165) is 56.6 Å². The van der Waals surface area contributed by atoms with E-state index >= 15 is 4.39 Å². The number of amides is 2. The van der Waals surface area contributed by atoms with Crippen LogP contribution in [0.4, 0.5) is 15.9 Å². The number of halogens is 1. The number of nitrogens with one attached hydrogen (secondary N) is 3. The fraction of sp³-hybridized carbons (Fsp3) is 0.520. The number of hydrogen-bond donors (Lipinski definition) is 3. The summed E-state index contributed by atoms with van der Waals surface area (Å²) in [7, 11) is 0. The van der Waals surface area contributed by atoms with Crippen LogP contribution in [-0.4, -0.2) is 45.9 Å². The summed E-state index contributed by atoms with van der Waals surface area (Å²) in [5.41, 5.74) is 3.66. The molecule has 35 heavy (non-hydrogen) atoms. The number of aryl methyl sites for hydroxylation is 1. The number of ether oxygens (including phenoxy) is 1. The zero-order chi connectivity index (χ0) is 24.8. The number of likely N-dealkylation sites (tertiary alicyclic amines) is 1. The molecule has 1 atom stereocenters. The summed E-state index contributed by atoms with van der Waals surface area (Å²) in [5.74, 6) is 0.416. The van der Waals surface area contributed by atoms with Crippen molar-refractivity contribution in [2.45, 2.75) is 71.3 Å². The van der Waals surface area contributed by atoms with Crippen LogP contribution in [0, 0.1) is 18.7 Å². The van der Waals surface area contributed by atoms with Crippen LogP contribution in [0.25, 0.3) is 0 Å². The van der Waals surface area contributed by atoms with Crippen molar-refractivity contribution < 1.29 is 18.7 Å². The lowest BCUT2D eigenvalue weighted by atomic mass is 9.86. The normalized spacial score (nSPS) is 18.8. The van der Waals surface area contributed by atoms with Crippen molar-refractivity contribution in [1.82, 2.24) is 15.1 Å². The molecule has 1 aliphatic carbocycles. The van der Waals surface area contributed by atoms with Gasteiger partial charge in [-0.2, -0.15) is 10.2 Å². The van der Waals surface area contributed by atoms with Crippen LogP contribution in [0.5, 0.6) is 5.75 Å². The molecule has 188 valence electrons. The monoisotopic (exact) mass is 484 g/mol. The van der Waals surface area contributed by atoms with E-state index in [2.05, 4.69) is 26.0 Å². The van der Waals surface area contributed by atoms with Crippen LogP contribution in [0.3, 0.4) is 0 Å². The Balaban J connectivity index is 1.61. The number of hydrogen-bond acceptors (Lipinski definition) is 6. The highest BCUT2D eigenvalue weighted by Gasteiger charge is 2.25. The molecule has 1 saturated carbocycles. The van der Waals surface area contributed by atoms with E-state index in [0.29, 0.717) is 30.5 Å². The maximum atomic E-state index is 15.1. The Morgan fingerprint density at radius 1 is 1.29 bits per heavy atom. The van der Waals surface area contributed by atoms with E-state index in [1.54, 1.807) is 6.20 Å². The molecule has 0 bridgehead atoms. The van der Waals surface area contributed by atoms with Crippen molar-refractivity contribution in [2.24, 2.45) is 11.0 Å². The lowest BCUT2D eigenvalue weighted by Crippen LogP contribution is -2.34. The Kier molecular flexibility index (Phi) is 7.99. The van der Waals surface area contributed by atoms with Gasteiger partial charge in [-0.05, 0) is 51.5 Å². The van der Waals surface area contributed by atoms with E-state index < -0.39 is 11.7 Å². The van der Waals surface area contributed by atoms with Crippen LogP contribution in [0.1, 0.15) is 74.2 Å². The summed E-state index contributed by atoms with van der Waals surface area (Å²) in [6, 6.07) is 2.63. The summed E-state index contributed by atoms with van der Waals surface area (Å²) in [5, 5.41) is 13.7. The molecule has 0 radical (unpaired) electrons. The van der Waals surface area contributed by atoms with Crippen LogP contribution in [0.2, 0.25) is 0 Å². The molecule has 1 saturated heterocycles. The second-order valence-electron chi connectivity index (χ2n) is 9.32. The molecule has 2 amide bonds. The quantitative estimate of drug-likeness (QED) is 0.367. The SMILES string of the molecule is Cc1c[nH]nc1NC(=O)c1cc(F)c(N/N=C2/CCCCN2C=O)cc1O[C@@H](C)C1CCCCC1. The number of anilines is 2. The van der Waals surface area contributed by atoms with E-state index in [1.807, 2.05) is 13.8 Å². The van der Waals surface area contributed by atoms with Crippen LogP contribution < -0.4 is 15.5 Å². The van der Waals surface area contributed by atoms with Gasteiger partial charge in [0.25, 0.3) is 5.91 Å². The standard InChI is InChI=1S/C25H33FN6O3/c1-16-14-27-31-24(16)28-25(34)19-12-20(26)21(29-30-23-10-6-7-11-32(23)15-33)13-22(19)35-17(2)18-8-4-3-5-9-18/h12-15,17-18,29H,3-11H2,1-2H3,(H2,27,28,31,34)/b30-23-/t17-/m0/s1. The first kappa shape index (κ1) is 24.7. The first-order valence-corrected chi connectivity index (χ1v) is 12.3. The Morgan fingerprint density at radius 3 is 2.80 bits per heavy atom. The van der Waals surface area contributed by atoms with Crippen molar-refractivity contribution in [3.63, 3.8) is 0 Å². The maximum absolute atomic E-state index is 15.1. The molecule has 1 aliphatic heterocycles. The first-order valence-electron chi connectivity index (χ1n) is 12.3. The predicted octanol–water partition coefficient (Wildman–Crippen LogP) is 4.82. The number of rotatable bonds is 8. The third kappa shape index (κ3) is 5.98. The lowest BCUT2D eigenvalue weighted by molar-refractivity contribution is -0.115. The molecule has 2 aliphatic rings. The molecule has 2 heterocycles. The zero-order valence-electron chi connectivity index (χ0n) is 20.3. The van der Waals surface area contributed by atoms with Crippen LogP contribution in [-0.2, 0) is 4.79 Å². The smallest absolute Gasteiger partial charge is 0.260 e. The maximum Gasteiger partial charge on any atom is 0.260 e. The number of carbonyl (C=O) groups excluding carboxylic acids is 2. The van der Waals surface area contributed by atoms with Gasteiger partial charge in [-0.3, -0.25) is 20.1 Å². The molecular formula is C25H33FN6O3. The number of nitrogens with zero attached hydrogens (tertiary/aromatic N) is 3. The molecule has 0 spiro atoms. The van der Waals surface area contributed by atoms with E-state index in [1.165, 1.54) is 17.4 Å². The number of amidine groups is 1. The minimum Gasteiger partial charge on any atom is -0.490 e. The van der Waals surface area contributed by atoms with Gasteiger partial charge in [0.15, 0.2) is 5.82 Å². The molecule has 9 nitrogen and oxygen atoms in total. The summed E-state index contributed by atoms with van der Waals surface area (Å²) in [6.45, 7) is 4.39. The average molecular weight is 485 g/mol. The molecule has 10 heteroatoms. The lowest BCUT2D eigenvalue weighted by Gasteiger charge is -2.29. The number of aromatic nitrogens is 2. The van der Waals surface area contributed by atoms with Gasteiger partial charge >= 0.3 is 0 Å². The van der Waals surface area contributed by atoms with Crippen LogP contribution >= 0.6 is 0 Å². The molecule has 0 unspecified atom stereocenters. The molecule has 1 aromatic heterocycles. The number of hydrazone groups is 1. The topological polar surface area (TPSA) is 112 Å². The Hall–Kier alpha value is -3.43. The summed E-state index contributed by atoms with van der Waals surface area (Å²) in [6.07, 6.45) is 10.4. The zero-order valence-corrected chi connectivity index (χ0v) is 20.3. The molecule has 2 fully saturated rings. The second kappa shape index (κ2) is 11.3. The van der Waals surface area contributed by atoms with Crippen molar-refractivity contribution in [3.8, 4) is 5.75 Å². The van der Waals surface area contributed by atoms with Gasteiger partial charge in [0, 0.05) is 30.8 Å². The molecule has 4 rings (SSSR count). The fourth-order valence-electron chi connectivity index (χ4n) is 4.66. The predicted molar refractivity (Wildman–Crippen MR) is 132 cm³/mol. The second-order valence-corrected chi connectivity index (χ2v) is 9.32. The number of H-pyrrole nitrogens is 1. The van der Waals surface area contributed by atoms with E-state index in [9.17, 15) is 9.59 Å². The molecular weight excluding hydrogens is 451 g/mol. The summed E-state index contributed by atoms with van der Waals surface area (Å²) in [4.78, 5) is 25.9. The fourth-order valence-corrected chi connectivity index (χ4v) is 4.66. The molecule has 2 aromatic rings. The number of benzene rings is 1. The van der Waals surface area contributed by atoms with Gasteiger partial charge in [-0.1, -0.05) is 19.3 Å². The highest BCUT2D eigenvalue weighted by Crippen LogP contribution is 2.33. The van der Waals surface area contributed by atoms with Gasteiger partial charge in [0.2, 0.25) is 6.41 Å². The van der Waals surface area contributed by atoms with Gasteiger partial charge in [-0.25, -0.2) is 4.39 Å². The first-order chi connectivity index (χ1) is 17.0. The number of carbonyl (C=O) groups is 2. The minimum absolute atomic E-state index is 0.0762. The Morgan fingerprint density at radius 2 is 2.09 bits per heavy atom. The minimum atomic E-state index is -0.649. The highest BCUT2D eigenvalue weighted by molar-refractivity contribution is 6.06. The van der Waals surface area contributed by atoms with E-state index in [-0.39, 0.29) is 23.1 Å². The van der Waals surface area contributed by atoms with E-state index in [4.69, 9.17) is 4.74 Å². The van der Waals surface area contributed by atoms with Gasteiger partial charge in [0.1, 0.15) is 17.4 Å².